The topological polar surface area (TPSA) is 39.2 Å². The van der Waals surface area contributed by atoms with Crippen LogP contribution in [0, 0.1) is 19.8 Å². The summed E-state index contributed by atoms with van der Waals surface area (Å²) in [6, 6.07) is 0. The first-order valence-corrected chi connectivity index (χ1v) is 5.80. The van der Waals surface area contributed by atoms with Gasteiger partial charge in [0, 0.05) is 4.88 Å². The van der Waals surface area contributed by atoms with Crippen molar-refractivity contribution in [2.75, 3.05) is 7.11 Å². The van der Waals surface area contributed by atoms with Gasteiger partial charge in [-0.1, -0.05) is 13.8 Å². The summed E-state index contributed by atoms with van der Waals surface area (Å²) in [5, 5.41) is 0.997. The minimum absolute atomic E-state index is 0.170. The maximum Gasteiger partial charge on any atom is 0.314 e. The lowest BCUT2D eigenvalue weighted by Gasteiger charge is -2.17. The summed E-state index contributed by atoms with van der Waals surface area (Å²) in [6.07, 6.45) is 0. The Morgan fingerprint density at radius 3 is 2.33 bits per heavy atom. The number of aryl methyl sites for hydroxylation is 2. The van der Waals surface area contributed by atoms with Gasteiger partial charge in [-0.05, 0) is 19.8 Å². The number of aromatic nitrogens is 1. The summed E-state index contributed by atoms with van der Waals surface area (Å²) < 4.78 is 4.83. The second-order valence-electron chi connectivity index (χ2n) is 3.93. The lowest BCUT2D eigenvalue weighted by molar-refractivity contribution is -0.143. The zero-order chi connectivity index (χ0) is 11.6. The molecule has 0 N–H and O–H groups in total. The quantitative estimate of drug-likeness (QED) is 0.745. The normalized spacial score (nSPS) is 12.9. The molecule has 0 bridgehead atoms. The Balaban J connectivity index is 3.09. The molecule has 0 fully saturated rings. The molecule has 0 aliphatic carbocycles. The molecule has 3 nitrogen and oxygen atoms in total. The van der Waals surface area contributed by atoms with Gasteiger partial charge in [-0.3, -0.25) is 4.79 Å². The van der Waals surface area contributed by atoms with Crippen LogP contribution in [0.5, 0.6) is 0 Å². The van der Waals surface area contributed by atoms with Gasteiger partial charge in [0.1, 0.15) is 0 Å². The van der Waals surface area contributed by atoms with Crippen molar-refractivity contribution in [1.29, 1.82) is 0 Å². The van der Waals surface area contributed by atoms with Gasteiger partial charge in [-0.25, -0.2) is 4.98 Å². The number of methoxy groups -OCH3 is 1. The Morgan fingerprint density at radius 1 is 1.40 bits per heavy atom. The van der Waals surface area contributed by atoms with Crippen LogP contribution in [0.2, 0.25) is 0 Å². The second-order valence-corrected chi connectivity index (χ2v) is 5.16. The highest BCUT2D eigenvalue weighted by Gasteiger charge is 2.28. The van der Waals surface area contributed by atoms with Crippen LogP contribution >= 0.6 is 11.3 Å². The number of nitrogens with zero attached hydrogens (tertiary/aromatic N) is 1. The van der Waals surface area contributed by atoms with E-state index in [1.807, 2.05) is 27.7 Å². The summed E-state index contributed by atoms with van der Waals surface area (Å²) >= 11 is 1.58. The predicted octanol–water partition coefficient (Wildman–Crippen LogP) is 2.67. The first-order valence-electron chi connectivity index (χ1n) is 4.99. The van der Waals surface area contributed by atoms with Crippen LogP contribution < -0.4 is 0 Å². The molecule has 1 aromatic rings. The van der Waals surface area contributed by atoms with Crippen LogP contribution in [0.1, 0.15) is 35.3 Å². The predicted molar refractivity (Wildman–Crippen MR) is 61.2 cm³/mol. The maximum atomic E-state index is 11.7. The molecule has 1 rings (SSSR count). The van der Waals surface area contributed by atoms with Gasteiger partial charge in [0.15, 0.2) is 0 Å². The molecule has 0 spiro atoms. The van der Waals surface area contributed by atoms with E-state index in [2.05, 4.69) is 4.98 Å². The monoisotopic (exact) mass is 227 g/mol. The zero-order valence-corrected chi connectivity index (χ0v) is 10.6. The largest absolute Gasteiger partial charge is 0.469 e. The average molecular weight is 227 g/mol. The summed E-state index contributed by atoms with van der Waals surface area (Å²) in [7, 11) is 1.43. The van der Waals surface area contributed by atoms with E-state index < -0.39 is 0 Å². The number of carbonyl (C=O) groups is 1. The molecule has 0 saturated heterocycles. The fraction of sp³-hybridized carbons (Fsp3) is 0.636. The summed E-state index contributed by atoms with van der Waals surface area (Å²) in [5.41, 5.74) is 0.946. The van der Waals surface area contributed by atoms with E-state index in [1.165, 1.54) is 7.11 Å². The van der Waals surface area contributed by atoms with E-state index in [-0.39, 0.29) is 17.8 Å². The number of rotatable bonds is 3. The van der Waals surface area contributed by atoms with E-state index in [4.69, 9.17) is 4.74 Å². The van der Waals surface area contributed by atoms with E-state index in [9.17, 15) is 4.79 Å². The van der Waals surface area contributed by atoms with Gasteiger partial charge in [-0.15, -0.1) is 11.3 Å². The maximum absolute atomic E-state index is 11.7. The van der Waals surface area contributed by atoms with Crippen molar-refractivity contribution in [2.45, 2.75) is 33.6 Å². The van der Waals surface area contributed by atoms with Crippen molar-refractivity contribution in [3.05, 3.63) is 15.6 Å². The summed E-state index contributed by atoms with van der Waals surface area (Å²) in [4.78, 5) is 17.1. The van der Waals surface area contributed by atoms with Crippen LogP contribution in [-0.2, 0) is 9.53 Å². The Hall–Kier alpha value is -0.900. The van der Waals surface area contributed by atoms with Gasteiger partial charge in [-0.2, -0.15) is 0 Å². The Morgan fingerprint density at radius 2 is 2.00 bits per heavy atom. The van der Waals surface area contributed by atoms with Crippen molar-refractivity contribution in [1.82, 2.24) is 4.98 Å². The standard InChI is InChI=1S/C11H17NO2S/c1-6(2)9(11(13)14-5)10-7(3)12-8(4)15-10/h6,9H,1-5H3. The molecule has 0 amide bonds. The van der Waals surface area contributed by atoms with Gasteiger partial charge in [0.05, 0.1) is 23.7 Å². The number of ether oxygens (including phenoxy) is 1. The number of esters is 1. The second kappa shape index (κ2) is 4.75. The average Bonchev–Trinajstić information content (AvgIpc) is 2.45. The van der Waals surface area contributed by atoms with Gasteiger partial charge < -0.3 is 4.74 Å². The third kappa shape index (κ3) is 2.56. The number of carbonyl (C=O) groups excluding carboxylic acids is 1. The fourth-order valence-corrected chi connectivity index (χ4v) is 2.83. The molecule has 0 aliphatic heterocycles. The molecule has 0 radical (unpaired) electrons. The van der Waals surface area contributed by atoms with Gasteiger partial charge >= 0.3 is 5.97 Å². The molecule has 15 heavy (non-hydrogen) atoms. The Bertz CT molecular complexity index is 357. The summed E-state index contributed by atoms with van der Waals surface area (Å²) in [6.45, 7) is 7.94. The first kappa shape index (κ1) is 12.2. The van der Waals surface area contributed by atoms with E-state index >= 15 is 0 Å². The molecule has 1 unspecified atom stereocenters. The third-order valence-electron chi connectivity index (χ3n) is 2.34. The van der Waals surface area contributed by atoms with Crippen molar-refractivity contribution >= 4 is 17.3 Å². The minimum atomic E-state index is -0.179. The Labute approximate surface area is 94.5 Å². The highest BCUT2D eigenvalue weighted by atomic mass is 32.1. The smallest absolute Gasteiger partial charge is 0.314 e. The highest BCUT2D eigenvalue weighted by molar-refractivity contribution is 7.11. The lowest BCUT2D eigenvalue weighted by Crippen LogP contribution is -2.19. The van der Waals surface area contributed by atoms with E-state index in [0.29, 0.717) is 0 Å². The molecule has 84 valence electrons. The minimum Gasteiger partial charge on any atom is -0.469 e. The van der Waals surface area contributed by atoms with Gasteiger partial charge in [0.25, 0.3) is 0 Å². The number of hydrogen-bond donors (Lipinski definition) is 0. The highest BCUT2D eigenvalue weighted by Crippen LogP contribution is 2.32. The third-order valence-corrected chi connectivity index (χ3v) is 3.50. The van der Waals surface area contributed by atoms with Crippen LogP contribution in [-0.4, -0.2) is 18.1 Å². The van der Waals surface area contributed by atoms with Gasteiger partial charge in [0.2, 0.25) is 0 Å². The molecular formula is C11H17NO2S. The van der Waals surface area contributed by atoms with Crippen LogP contribution in [0.3, 0.4) is 0 Å². The molecule has 0 aliphatic rings. The molecule has 1 heterocycles. The van der Waals surface area contributed by atoms with E-state index in [0.717, 1.165) is 15.6 Å². The van der Waals surface area contributed by atoms with Crippen molar-refractivity contribution in [2.24, 2.45) is 5.92 Å². The van der Waals surface area contributed by atoms with Crippen LogP contribution in [0.15, 0.2) is 0 Å². The van der Waals surface area contributed by atoms with Crippen molar-refractivity contribution in [3.8, 4) is 0 Å². The molecule has 0 aromatic carbocycles. The summed E-state index contributed by atoms with van der Waals surface area (Å²) in [5.74, 6) is -0.117. The van der Waals surface area contributed by atoms with Crippen LogP contribution in [0.4, 0.5) is 0 Å². The first-order chi connectivity index (χ1) is 6.97. The number of hydrogen-bond acceptors (Lipinski definition) is 4. The molecular weight excluding hydrogens is 210 g/mol. The Kier molecular flexibility index (Phi) is 3.85. The zero-order valence-electron chi connectivity index (χ0n) is 9.83. The molecule has 1 atom stereocenters. The lowest BCUT2D eigenvalue weighted by atomic mass is 9.93. The fourth-order valence-electron chi connectivity index (χ4n) is 1.64. The van der Waals surface area contributed by atoms with Crippen molar-refractivity contribution in [3.63, 3.8) is 0 Å². The van der Waals surface area contributed by atoms with Crippen molar-refractivity contribution < 1.29 is 9.53 Å². The SMILES string of the molecule is COC(=O)C(c1sc(C)nc1C)C(C)C. The molecule has 1 aromatic heterocycles. The molecule has 0 saturated carbocycles. The van der Waals surface area contributed by atoms with E-state index in [1.54, 1.807) is 11.3 Å². The molecule has 4 heteroatoms. The van der Waals surface area contributed by atoms with Crippen LogP contribution in [0.25, 0.3) is 0 Å². The number of thiazole rings is 1.